The monoisotopic (exact) mass is 420 g/mol. The smallest absolute Gasteiger partial charge is 0.256 e. The largest absolute Gasteiger partial charge is 0.379 e. The number of amides is 2. The molecular weight excluding hydrogens is 392 g/mol. The minimum absolute atomic E-state index is 0.0213. The second-order valence-electron chi connectivity index (χ2n) is 8.54. The van der Waals surface area contributed by atoms with Gasteiger partial charge in [-0.25, -0.2) is 0 Å². The van der Waals surface area contributed by atoms with Crippen molar-refractivity contribution in [2.75, 3.05) is 44.7 Å². The Labute approximate surface area is 181 Å². The molecule has 0 radical (unpaired) electrons. The molecule has 1 aromatic carbocycles. The predicted octanol–water partition coefficient (Wildman–Crippen LogP) is 2.06. The summed E-state index contributed by atoms with van der Waals surface area (Å²) in [6.45, 7) is 5.37. The SMILES string of the molecule is O=C1Nc2ccc(CC3CCNC3=O)cc2/C1=C/c1cc(CCN2CCOCC2)c[nH]1. The van der Waals surface area contributed by atoms with Gasteiger partial charge in [0.15, 0.2) is 0 Å². The number of carbonyl (C=O) groups is 2. The van der Waals surface area contributed by atoms with E-state index in [1.54, 1.807) is 0 Å². The van der Waals surface area contributed by atoms with Gasteiger partial charge in [-0.3, -0.25) is 14.5 Å². The van der Waals surface area contributed by atoms with Crippen LogP contribution in [0, 0.1) is 5.92 Å². The van der Waals surface area contributed by atoms with Gasteiger partial charge in [-0.1, -0.05) is 6.07 Å². The molecule has 2 saturated heterocycles. The Bertz CT molecular complexity index is 1020. The van der Waals surface area contributed by atoms with Crippen LogP contribution in [-0.2, 0) is 27.2 Å². The van der Waals surface area contributed by atoms with Gasteiger partial charge in [-0.15, -0.1) is 0 Å². The molecule has 4 heterocycles. The number of nitrogens with zero attached hydrogens (tertiary/aromatic N) is 1. The summed E-state index contributed by atoms with van der Waals surface area (Å²) in [6, 6.07) is 8.11. The maximum Gasteiger partial charge on any atom is 0.256 e. The second-order valence-corrected chi connectivity index (χ2v) is 8.54. The number of hydrogen-bond donors (Lipinski definition) is 3. The molecule has 2 amide bonds. The van der Waals surface area contributed by atoms with Gasteiger partial charge in [0.1, 0.15) is 0 Å². The fourth-order valence-corrected chi connectivity index (χ4v) is 4.58. The number of rotatable bonds is 6. The van der Waals surface area contributed by atoms with Gasteiger partial charge < -0.3 is 20.4 Å². The second kappa shape index (κ2) is 8.69. The molecule has 2 fully saturated rings. The van der Waals surface area contributed by atoms with Crippen LogP contribution < -0.4 is 10.6 Å². The molecule has 1 unspecified atom stereocenters. The molecule has 0 aliphatic carbocycles. The van der Waals surface area contributed by atoms with Gasteiger partial charge in [0, 0.05) is 55.2 Å². The molecule has 2 aromatic rings. The molecule has 7 heteroatoms. The first kappa shape index (κ1) is 20.0. The van der Waals surface area contributed by atoms with E-state index in [4.69, 9.17) is 4.74 Å². The minimum atomic E-state index is -0.0878. The Balaban J connectivity index is 1.30. The lowest BCUT2D eigenvalue weighted by Gasteiger charge is -2.26. The van der Waals surface area contributed by atoms with Crippen molar-refractivity contribution in [3.63, 3.8) is 0 Å². The summed E-state index contributed by atoms with van der Waals surface area (Å²) in [7, 11) is 0. The van der Waals surface area contributed by atoms with Gasteiger partial charge in [0.2, 0.25) is 5.91 Å². The third-order valence-corrected chi connectivity index (χ3v) is 6.40. The van der Waals surface area contributed by atoms with Crippen LogP contribution in [0.4, 0.5) is 5.69 Å². The topological polar surface area (TPSA) is 86.5 Å². The summed E-state index contributed by atoms with van der Waals surface area (Å²) in [5, 5.41) is 5.85. The van der Waals surface area contributed by atoms with Crippen molar-refractivity contribution in [1.29, 1.82) is 0 Å². The number of fused-ring (bicyclic) bond motifs is 1. The molecule has 162 valence electrons. The zero-order chi connectivity index (χ0) is 21.2. The molecule has 0 bridgehead atoms. The van der Waals surface area contributed by atoms with E-state index in [2.05, 4.69) is 26.6 Å². The summed E-state index contributed by atoms with van der Waals surface area (Å²) >= 11 is 0. The van der Waals surface area contributed by atoms with E-state index in [1.807, 2.05) is 30.5 Å². The Morgan fingerprint density at radius 1 is 1.13 bits per heavy atom. The van der Waals surface area contributed by atoms with Crippen molar-refractivity contribution in [1.82, 2.24) is 15.2 Å². The summed E-state index contributed by atoms with van der Waals surface area (Å²) in [5.41, 5.74) is 5.64. The molecular formula is C24H28N4O3. The highest BCUT2D eigenvalue weighted by atomic mass is 16.5. The average molecular weight is 421 g/mol. The van der Waals surface area contributed by atoms with E-state index in [1.165, 1.54) is 5.56 Å². The molecule has 1 aromatic heterocycles. The van der Waals surface area contributed by atoms with E-state index in [-0.39, 0.29) is 17.7 Å². The fourth-order valence-electron chi connectivity index (χ4n) is 4.58. The fraction of sp³-hybridized carbons (Fsp3) is 0.417. The van der Waals surface area contributed by atoms with E-state index in [0.29, 0.717) is 12.0 Å². The van der Waals surface area contributed by atoms with Crippen molar-refractivity contribution in [2.24, 2.45) is 5.92 Å². The quantitative estimate of drug-likeness (QED) is 0.625. The standard InChI is InChI=1S/C24H28N4O3/c29-23-18(3-5-25-23)11-16-1-2-22-20(13-16)21(24(30)27-22)14-19-12-17(15-26-19)4-6-28-7-9-31-10-8-28/h1-2,12-15,18,26H,3-11H2,(H,25,29)(H,27,30)/b21-14-. The molecule has 0 spiro atoms. The number of morpholine rings is 1. The first-order valence-corrected chi connectivity index (χ1v) is 11.1. The highest BCUT2D eigenvalue weighted by molar-refractivity contribution is 6.34. The number of aromatic nitrogens is 1. The van der Waals surface area contributed by atoms with Gasteiger partial charge in [0.25, 0.3) is 5.91 Å². The summed E-state index contributed by atoms with van der Waals surface area (Å²) < 4.78 is 5.41. The van der Waals surface area contributed by atoms with E-state index >= 15 is 0 Å². The number of nitrogens with one attached hydrogen (secondary N) is 3. The third kappa shape index (κ3) is 4.43. The summed E-state index contributed by atoms with van der Waals surface area (Å²) in [5.74, 6) is 0.0599. The lowest BCUT2D eigenvalue weighted by Crippen LogP contribution is -2.37. The van der Waals surface area contributed by atoms with Crippen LogP contribution in [0.3, 0.4) is 0 Å². The maximum absolute atomic E-state index is 12.6. The van der Waals surface area contributed by atoms with Crippen LogP contribution in [-0.4, -0.2) is 61.1 Å². The van der Waals surface area contributed by atoms with Gasteiger partial charge >= 0.3 is 0 Å². The van der Waals surface area contributed by atoms with Crippen LogP contribution in [0.1, 0.15) is 28.8 Å². The molecule has 0 saturated carbocycles. The van der Waals surface area contributed by atoms with Crippen molar-refractivity contribution < 1.29 is 14.3 Å². The van der Waals surface area contributed by atoms with Gasteiger partial charge in [0.05, 0.1) is 18.8 Å². The summed E-state index contributed by atoms with van der Waals surface area (Å²) in [4.78, 5) is 30.2. The number of H-pyrrole nitrogens is 1. The number of hydrogen-bond acceptors (Lipinski definition) is 4. The third-order valence-electron chi connectivity index (χ3n) is 6.40. The number of aromatic amines is 1. The number of anilines is 1. The van der Waals surface area contributed by atoms with Crippen molar-refractivity contribution >= 4 is 29.2 Å². The number of carbonyl (C=O) groups excluding carboxylic acids is 2. The van der Waals surface area contributed by atoms with E-state index < -0.39 is 0 Å². The Morgan fingerprint density at radius 3 is 2.81 bits per heavy atom. The number of benzene rings is 1. The molecule has 3 N–H and O–H groups in total. The summed E-state index contributed by atoms with van der Waals surface area (Å²) in [6.07, 6.45) is 6.48. The predicted molar refractivity (Wildman–Crippen MR) is 120 cm³/mol. The number of ether oxygens (including phenoxy) is 1. The van der Waals surface area contributed by atoms with E-state index in [9.17, 15) is 9.59 Å². The van der Waals surface area contributed by atoms with Crippen LogP contribution in [0.25, 0.3) is 11.6 Å². The highest BCUT2D eigenvalue weighted by Crippen LogP contribution is 2.34. The molecule has 31 heavy (non-hydrogen) atoms. The molecule has 5 rings (SSSR count). The van der Waals surface area contributed by atoms with Gasteiger partial charge in [-0.05, 0) is 54.7 Å². The minimum Gasteiger partial charge on any atom is -0.379 e. The van der Waals surface area contributed by atoms with Crippen molar-refractivity contribution in [3.05, 3.63) is 52.8 Å². The van der Waals surface area contributed by atoms with E-state index in [0.717, 1.165) is 74.7 Å². The zero-order valence-corrected chi connectivity index (χ0v) is 17.6. The maximum atomic E-state index is 12.6. The lowest BCUT2D eigenvalue weighted by atomic mass is 9.95. The Morgan fingerprint density at radius 2 is 2.00 bits per heavy atom. The van der Waals surface area contributed by atoms with Crippen LogP contribution in [0.2, 0.25) is 0 Å². The average Bonchev–Trinajstić information content (AvgIpc) is 3.48. The van der Waals surface area contributed by atoms with Gasteiger partial charge in [-0.2, -0.15) is 0 Å². The molecule has 1 atom stereocenters. The molecule has 3 aliphatic heterocycles. The normalized spacial score (nSPS) is 22.6. The first-order chi connectivity index (χ1) is 15.2. The Kier molecular flexibility index (Phi) is 5.61. The first-order valence-electron chi connectivity index (χ1n) is 11.1. The molecule has 7 nitrogen and oxygen atoms in total. The lowest BCUT2D eigenvalue weighted by molar-refractivity contribution is -0.122. The zero-order valence-electron chi connectivity index (χ0n) is 17.6. The Hall–Kier alpha value is -2.90. The molecule has 3 aliphatic rings. The van der Waals surface area contributed by atoms with Crippen LogP contribution in [0.5, 0.6) is 0 Å². The van der Waals surface area contributed by atoms with Crippen LogP contribution >= 0.6 is 0 Å². The van der Waals surface area contributed by atoms with Crippen LogP contribution in [0.15, 0.2) is 30.5 Å². The van der Waals surface area contributed by atoms with Crippen molar-refractivity contribution in [2.45, 2.75) is 19.3 Å². The highest BCUT2D eigenvalue weighted by Gasteiger charge is 2.27. The van der Waals surface area contributed by atoms with Crippen molar-refractivity contribution in [3.8, 4) is 0 Å².